The second-order valence-corrected chi connectivity index (χ2v) is 4.16. The van der Waals surface area contributed by atoms with E-state index in [9.17, 15) is 22.0 Å². The number of halogens is 6. The van der Waals surface area contributed by atoms with Crippen LogP contribution >= 0.6 is 22.6 Å². The largest absolute Gasteiger partial charge is 0.457 e. The molecule has 0 unspecified atom stereocenters. The van der Waals surface area contributed by atoms with E-state index in [0.29, 0.717) is 6.42 Å². The number of nitriles is 1. The van der Waals surface area contributed by atoms with Gasteiger partial charge < -0.3 is 0 Å². The summed E-state index contributed by atoms with van der Waals surface area (Å²) in [7, 11) is 0. The molecule has 0 atom stereocenters. The second kappa shape index (κ2) is 5.80. The van der Waals surface area contributed by atoms with Crippen LogP contribution in [0.5, 0.6) is 0 Å². The van der Waals surface area contributed by atoms with Crippen LogP contribution in [0.15, 0.2) is 9.15 Å². The molecule has 1 nitrogen and oxygen atoms in total. The number of allylic oxidation sites excluding steroid dienone is 2. The van der Waals surface area contributed by atoms with Crippen molar-refractivity contribution in [2.24, 2.45) is 0 Å². The van der Waals surface area contributed by atoms with Crippen molar-refractivity contribution in [3.63, 3.8) is 0 Å². The van der Waals surface area contributed by atoms with E-state index in [1.807, 2.05) is 0 Å². The minimum absolute atomic E-state index is 0.190. The monoisotopic (exact) mass is 353 g/mol. The van der Waals surface area contributed by atoms with Crippen LogP contribution in [0.25, 0.3) is 0 Å². The Bertz CT molecular complexity index is 313. The predicted molar refractivity (Wildman–Crippen MR) is 57.2 cm³/mol. The standard InChI is InChI=1S/C9H9F5IN/c1-2-3-4-6(7(15)5-16)8(10,11)9(12,13)14/h2-4H2,1H3/b7-6-. The summed E-state index contributed by atoms with van der Waals surface area (Å²) < 4.78 is 61.8. The van der Waals surface area contributed by atoms with Gasteiger partial charge in [-0.1, -0.05) is 13.3 Å². The molecule has 0 rings (SSSR count). The Morgan fingerprint density at radius 1 is 1.25 bits per heavy atom. The van der Waals surface area contributed by atoms with Crippen LogP contribution in [0.2, 0.25) is 0 Å². The minimum atomic E-state index is -5.65. The molecule has 0 aromatic heterocycles. The summed E-state index contributed by atoms with van der Waals surface area (Å²) in [6.07, 6.45) is -5.40. The highest BCUT2D eigenvalue weighted by molar-refractivity contribution is 14.1. The molecular formula is C9H9F5IN. The summed E-state index contributed by atoms with van der Waals surface area (Å²) in [5.41, 5.74) is -1.13. The van der Waals surface area contributed by atoms with Crippen LogP contribution in [0, 0.1) is 11.3 Å². The average molecular weight is 353 g/mol. The summed E-state index contributed by atoms with van der Waals surface area (Å²) >= 11 is 1.21. The zero-order valence-corrected chi connectivity index (χ0v) is 10.5. The van der Waals surface area contributed by atoms with Crippen LogP contribution in [-0.2, 0) is 0 Å². The lowest BCUT2D eigenvalue weighted by Gasteiger charge is -2.22. The number of alkyl halides is 5. The molecule has 0 aromatic rings. The van der Waals surface area contributed by atoms with Gasteiger partial charge in [0.1, 0.15) is 6.07 Å². The van der Waals surface area contributed by atoms with Crippen molar-refractivity contribution >= 4 is 22.6 Å². The molecular weight excluding hydrogens is 344 g/mol. The Morgan fingerprint density at radius 3 is 2.06 bits per heavy atom. The Hall–Kier alpha value is -0.390. The maximum atomic E-state index is 13.0. The SMILES string of the molecule is CCCC/C(=C(/I)C#N)C(F)(F)C(F)(F)F. The van der Waals surface area contributed by atoms with Crippen molar-refractivity contribution in [1.29, 1.82) is 5.26 Å². The lowest BCUT2D eigenvalue weighted by molar-refractivity contribution is -0.265. The molecule has 0 N–H and O–H groups in total. The molecule has 0 aromatic carbocycles. The zero-order valence-electron chi connectivity index (χ0n) is 8.34. The van der Waals surface area contributed by atoms with Crippen molar-refractivity contribution < 1.29 is 22.0 Å². The minimum Gasteiger partial charge on any atom is -0.192 e. The van der Waals surface area contributed by atoms with E-state index in [2.05, 4.69) is 0 Å². The Labute approximate surface area is 103 Å². The number of unbranched alkanes of at least 4 members (excludes halogenated alkanes) is 1. The van der Waals surface area contributed by atoms with Crippen molar-refractivity contribution in [3.05, 3.63) is 9.15 Å². The van der Waals surface area contributed by atoms with Gasteiger partial charge in [0, 0.05) is 5.57 Å². The third-order valence-electron chi connectivity index (χ3n) is 1.88. The van der Waals surface area contributed by atoms with E-state index in [1.54, 1.807) is 6.92 Å². The molecule has 0 saturated carbocycles. The van der Waals surface area contributed by atoms with Crippen molar-refractivity contribution in [3.8, 4) is 6.07 Å². The zero-order chi connectivity index (χ0) is 13.0. The third kappa shape index (κ3) is 3.57. The maximum Gasteiger partial charge on any atom is 0.457 e. The quantitative estimate of drug-likeness (QED) is 0.412. The van der Waals surface area contributed by atoms with Gasteiger partial charge in [-0.2, -0.15) is 27.2 Å². The van der Waals surface area contributed by atoms with Gasteiger partial charge in [0.15, 0.2) is 0 Å². The molecule has 0 radical (unpaired) electrons. The average Bonchev–Trinajstić information content (AvgIpc) is 2.15. The summed E-state index contributed by atoms with van der Waals surface area (Å²) in [5.74, 6) is -4.92. The van der Waals surface area contributed by atoms with Crippen LogP contribution < -0.4 is 0 Å². The van der Waals surface area contributed by atoms with Gasteiger partial charge in [-0.25, -0.2) is 0 Å². The predicted octanol–water partition coefficient (Wildman–Crippen LogP) is 4.59. The Balaban J connectivity index is 5.30. The van der Waals surface area contributed by atoms with Gasteiger partial charge in [0.25, 0.3) is 0 Å². The van der Waals surface area contributed by atoms with Crippen molar-refractivity contribution in [2.75, 3.05) is 0 Å². The van der Waals surface area contributed by atoms with Gasteiger partial charge >= 0.3 is 12.1 Å². The molecule has 0 fully saturated rings. The molecule has 0 spiro atoms. The topological polar surface area (TPSA) is 23.8 Å². The van der Waals surface area contributed by atoms with Gasteiger partial charge in [0.05, 0.1) is 3.58 Å². The first-order chi connectivity index (χ1) is 7.18. The summed E-state index contributed by atoms with van der Waals surface area (Å²) in [4.78, 5) is 0. The molecule has 92 valence electrons. The van der Waals surface area contributed by atoms with E-state index in [1.165, 1.54) is 28.7 Å². The Kier molecular flexibility index (Phi) is 5.65. The smallest absolute Gasteiger partial charge is 0.192 e. The second-order valence-electron chi connectivity index (χ2n) is 3.08. The van der Waals surface area contributed by atoms with Gasteiger partial charge in [-0.05, 0) is 35.4 Å². The normalized spacial score (nSPS) is 14.4. The summed E-state index contributed by atoms with van der Waals surface area (Å²) in [6.45, 7) is 1.67. The van der Waals surface area contributed by atoms with Crippen LogP contribution in [0.3, 0.4) is 0 Å². The maximum absolute atomic E-state index is 13.0. The fourth-order valence-electron chi connectivity index (χ4n) is 0.997. The molecule has 7 heteroatoms. The molecule has 0 saturated heterocycles. The van der Waals surface area contributed by atoms with E-state index >= 15 is 0 Å². The van der Waals surface area contributed by atoms with E-state index < -0.39 is 27.7 Å². The Morgan fingerprint density at radius 2 is 1.75 bits per heavy atom. The van der Waals surface area contributed by atoms with E-state index in [4.69, 9.17) is 5.26 Å². The lowest BCUT2D eigenvalue weighted by Crippen LogP contribution is -2.38. The molecule has 0 bridgehead atoms. The van der Waals surface area contributed by atoms with Gasteiger partial charge in [0.2, 0.25) is 0 Å². The molecule has 0 aliphatic heterocycles. The molecule has 0 aliphatic carbocycles. The van der Waals surface area contributed by atoms with Crippen LogP contribution in [0.1, 0.15) is 26.2 Å². The molecule has 0 amide bonds. The van der Waals surface area contributed by atoms with Crippen molar-refractivity contribution in [1.82, 2.24) is 0 Å². The molecule has 16 heavy (non-hydrogen) atoms. The summed E-state index contributed by atoms with van der Waals surface area (Å²) in [6, 6.07) is 1.34. The number of rotatable bonds is 4. The fourth-order valence-corrected chi connectivity index (χ4v) is 1.61. The van der Waals surface area contributed by atoms with Crippen molar-refractivity contribution in [2.45, 2.75) is 38.3 Å². The first-order valence-electron chi connectivity index (χ1n) is 4.42. The highest BCUT2D eigenvalue weighted by Gasteiger charge is 2.60. The van der Waals surface area contributed by atoms with E-state index in [0.717, 1.165) is 0 Å². The highest BCUT2D eigenvalue weighted by Crippen LogP contribution is 2.44. The first kappa shape index (κ1) is 15.6. The summed E-state index contributed by atoms with van der Waals surface area (Å²) in [5, 5.41) is 8.42. The fraction of sp³-hybridized carbons (Fsp3) is 0.667. The number of nitrogens with zero attached hydrogens (tertiary/aromatic N) is 1. The number of hydrogen-bond acceptors (Lipinski definition) is 1. The highest BCUT2D eigenvalue weighted by atomic mass is 127. The molecule has 0 heterocycles. The van der Waals surface area contributed by atoms with Gasteiger partial charge in [-0.3, -0.25) is 0 Å². The lowest BCUT2D eigenvalue weighted by atomic mass is 10.0. The van der Waals surface area contributed by atoms with Gasteiger partial charge in [-0.15, -0.1) is 0 Å². The third-order valence-corrected chi connectivity index (χ3v) is 2.77. The number of hydrogen-bond donors (Lipinski definition) is 0. The van der Waals surface area contributed by atoms with E-state index in [-0.39, 0.29) is 6.42 Å². The van der Waals surface area contributed by atoms with Crippen LogP contribution in [-0.4, -0.2) is 12.1 Å². The first-order valence-corrected chi connectivity index (χ1v) is 5.50. The molecule has 0 aliphatic rings. The van der Waals surface area contributed by atoms with Crippen LogP contribution in [0.4, 0.5) is 22.0 Å².